The molecule has 0 saturated heterocycles. The first kappa shape index (κ1) is 13.4. The molecule has 1 aromatic rings. The highest BCUT2D eigenvalue weighted by molar-refractivity contribution is 5.48. The summed E-state index contributed by atoms with van der Waals surface area (Å²) in [5.74, 6) is 3.94. The second-order valence-electron chi connectivity index (χ2n) is 7.07. The third-order valence-corrected chi connectivity index (χ3v) is 5.59. The minimum Gasteiger partial charge on any atom is -0.496 e. The van der Waals surface area contributed by atoms with Crippen LogP contribution in [-0.4, -0.2) is 19.3 Å². The molecule has 2 bridgehead atoms. The van der Waals surface area contributed by atoms with Crippen molar-refractivity contribution in [3.63, 3.8) is 0 Å². The van der Waals surface area contributed by atoms with Gasteiger partial charge in [-0.25, -0.2) is 0 Å². The highest BCUT2D eigenvalue weighted by Crippen LogP contribution is 2.44. The van der Waals surface area contributed by atoms with Crippen LogP contribution in [0.1, 0.15) is 43.7 Å². The smallest absolute Gasteiger partial charge is 0.123 e. The normalized spacial score (nSPS) is 33.0. The van der Waals surface area contributed by atoms with Gasteiger partial charge in [-0.1, -0.05) is 6.42 Å². The van der Waals surface area contributed by atoms with Crippen molar-refractivity contribution in [3.05, 3.63) is 23.3 Å². The number of methoxy groups -OCH3 is 1. The van der Waals surface area contributed by atoms with Crippen LogP contribution in [0.25, 0.3) is 0 Å². The van der Waals surface area contributed by atoms with E-state index in [1.807, 2.05) is 0 Å². The zero-order valence-electron chi connectivity index (χ0n) is 13.0. The lowest BCUT2D eigenvalue weighted by Gasteiger charge is -2.23. The van der Waals surface area contributed by atoms with Gasteiger partial charge in [0, 0.05) is 30.1 Å². The average molecular weight is 287 g/mol. The van der Waals surface area contributed by atoms with E-state index in [2.05, 4.69) is 24.4 Å². The van der Waals surface area contributed by atoms with E-state index >= 15 is 0 Å². The fourth-order valence-corrected chi connectivity index (χ4v) is 4.55. The van der Waals surface area contributed by atoms with E-state index < -0.39 is 0 Å². The molecule has 2 fully saturated rings. The number of hydrogen-bond donors (Lipinski definition) is 1. The van der Waals surface area contributed by atoms with Crippen LogP contribution < -0.4 is 14.8 Å². The molecule has 2 aliphatic carbocycles. The molecule has 1 aromatic carbocycles. The fraction of sp³-hybridized carbons (Fsp3) is 0.667. The molecule has 0 radical (unpaired) electrons. The Morgan fingerprint density at radius 2 is 2.19 bits per heavy atom. The van der Waals surface area contributed by atoms with Crippen LogP contribution in [0.3, 0.4) is 0 Å². The summed E-state index contributed by atoms with van der Waals surface area (Å²) in [6.07, 6.45) is 6.97. The van der Waals surface area contributed by atoms with Crippen LogP contribution in [0.5, 0.6) is 11.5 Å². The Morgan fingerprint density at radius 1 is 1.29 bits per heavy atom. The Hall–Kier alpha value is -1.22. The van der Waals surface area contributed by atoms with E-state index in [1.165, 1.54) is 36.8 Å². The summed E-state index contributed by atoms with van der Waals surface area (Å²) in [6, 6.07) is 5.05. The molecule has 0 spiro atoms. The molecule has 4 atom stereocenters. The van der Waals surface area contributed by atoms with Crippen molar-refractivity contribution in [1.29, 1.82) is 0 Å². The molecular weight excluding hydrogens is 262 g/mol. The Labute approximate surface area is 127 Å². The molecule has 1 aliphatic heterocycles. The second-order valence-corrected chi connectivity index (χ2v) is 7.07. The monoisotopic (exact) mass is 287 g/mol. The molecule has 3 nitrogen and oxygen atoms in total. The second kappa shape index (κ2) is 5.20. The predicted octanol–water partition coefficient (Wildman–Crippen LogP) is 3.30. The number of benzene rings is 1. The Bertz CT molecular complexity index is 542. The highest BCUT2D eigenvalue weighted by atomic mass is 16.5. The highest BCUT2D eigenvalue weighted by Gasteiger charge is 2.39. The zero-order valence-corrected chi connectivity index (χ0v) is 13.0. The van der Waals surface area contributed by atoms with Crippen LogP contribution in [-0.2, 0) is 13.0 Å². The molecule has 2 saturated carbocycles. The van der Waals surface area contributed by atoms with Crippen LogP contribution in [0.15, 0.2) is 12.1 Å². The third kappa shape index (κ3) is 2.42. The zero-order chi connectivity index (χ0) is 14.4. The first-order valence-electron chi connectivity index (χ1n) is 8.32. The molecule has 0 aromatic heterocycles. The van der Waals surface area contributed by atoms with Gasteiger partial charge in [0.2, 0.25) is 0 Å². The Kier molecular flexibility index (Phi) is 3.33. The molecule has 1 N–H and O–H groups in total. The topological polar surface area (TPSA) is 30.5 Å². The van der Waals surface area contributed by atoms with E-state index in [0.717, 1.165) is 36.3 Å². The Balaban J connectivity index is 1.48. The van der Waals surface area contributed by atoms with E-state index in [4.69, 9.17) is 9.47 Å². The lowest BCUT2D eigenvalue weighted by atomic mass is 9.95. The minimum absolute atomic E-state index is 0.290. The van der Waals surface area contributed by atoms with Gasteiger partial charge in [0.15, 0.2) is 0 Å². The van der Waals surface area contributed by atoms with E-state index in [9.17, 15) is 0 Å². The van der Waals surface area contributed by atoms with Crippen molar-refractivity contribution in [1.82, 2.24) is 5.32 Å². The van der Waals surface area contributed by atoms with Crippen molar-refractivity contribution >= 4 is 0 Å². The van der Waals surface area contributed by atoms with Crippen LogP contribution >= 0.6 is 0 Å². The quantitative estimate of drug-likeness (QED) is 0.921. The van der Waals surface area contributed by atoms with Gasteiger partial charge < -0.3 is 14.8 Å². The van der Waals surface area contributed by atoms with Gasteiger partial charge in [-0.3, -0.25) is 0 Å². The van der Waals surface area contributed by atoms with Gasteiger partial charge in [0.25, 0.3) is 0 Å². The molecule has 3 heteroatoms. The van der Waals surface area contributed by atoms with Gasteiger partial charge in [0.05, 0.1) is 7.11 Å². The summed E-state index contributed by atoms with van der Waals surface area (Å²) in [5, 5.41) is 3.77. The van der Waals surface area contributed by atoms with Crippen LogP contribution in [0.4, 0.5) is 0 Å². The first-order valence-corrected chi connectivity index (χ1v) is 8.32. The summed E-state index contributed by atoms with van der Waals surface area (Å²) in [7, 11) is 1.77. The molecule has 3 aliphatic rings. The number of hydrogen-bond acceptors (Lipinski definition) is 3. The van der Waals surface area contributed by atoms with Gasteiger partial charge >= 0.3 is 0 Å². The maximum Gasteiger partial charge on any atom is 0.123 e. The summed E-state index contributed by atoms with van der Waals surface area (Å²) >= 11 is 0. The number of nitrogens with one attached hydrogen (secondary N) is 1. The molecule has 1 heterocycles. The summed E-state index contributed by atoms with van der Waals surface area (Å²) in [4.78, 5) is 0. The van der Waals surface area contributed by atoms with Crippen molar-refractivity contribution in [2.75, 3.05) is 7.11 Å². The van der Waals surface area contributed by atoms with Gasteiger partial charge in [-0.15, -0.1) is 0 Å². The molecule has 4 rings (SSSR count). The number of ether oxygens (including phenoxy) is 2. The lowest BCUT2D eigenvalue weighted by Crippen LogP contribution is -2.33. The summed E-state index contributed by atoms with van der Waals surface area (Å²) in [6.45, 7) is 3.02. The lowest BCUT2D eigenvalue weighted by molar-refractivity contribution is 0.254. The van der Waals surface area contributed by atoms with Crippen molar-refractivity contribution < 1.29 is 9.47 Å². The summed E-state index contributed by atoms with van der Waals surface area (Å²) in [5.41, 5.74) is 2.51. The van der Waals surface area contributed by atoms with Gasteiger partial charge in [-0.2, -0.15) is 0 Å². The largest absolute Gasteiger partial charge is 0.496 e. The number of fused-ring (bicyclic) bond motifs is 3. The van der Waals surface area contributed by atoms with Gasteiger partial charge in [-0.05, 0) is 50.2 Å². The SMILES string of the molecule is COc1cc2c(cc1CNC1CC3CCC1C3)OC(C)C2. The van der Waals surface area contributed by atoms with Crippen molar-refractivity contribution in [2.45, 2.75) is 57.7 Å². The maximum atomic E-state index is 5.88. The molecule has 0 amide bonds. The molecule has 21 heavy (non-hydrogen) atoms. The average Bonchev–Trinajstić information content (AvgIpc) is 3.17. The Morgan fingerprint density at radius 3 is 2.90 bits per heavy atom. The van der Waals surface area contributed by atoms with Crippen LogP contribution in [0.2, 0.25) is 0 Å². The first-order chi connectivity index (χ1) is 10.2. The van der Waals surface area contributed by atoms with E-state index in [1.54, 1.807) is 7.11 Å². The third-order valence-electron chi connectivity index (χ3n) is 5.59. The molecule has 4 unspecified atom stereocenters. The van der Waals surface area contributed by atoms with Crippen molar-refractivity contribution in [3.8, 4) is 11.5 Å². The van der Waals surface area contributed by atoms with E-state index in [0.29, 0.717) is 12.1 Å². The molecule has 114 valence electrons. The fourth-order valence-electron chi connectivity index (χ4n) is 4.55. The van der Waals surface area contributed by atoms with Gasteiger partial charge in [0.1, 0.15) is 17.6 Å². The van der Waals surface area contributed by atoms with Crippen molar-refractivity contribution in [2.24, 2.45) is 11.8 Å². The minimum atomic E-state index is 0.290. The molecular formula is C18H25NO2. The summed E-state index contributed by atoms with van der Waals surface area (Å²) < 4.78 is 11.5. The maximum absolute atomic E-state index is 5.88. The predicted molar refractivity (Wildman–Crippen MR) is 82.9 cm³/mol. The van der Waals surface area contributed by atoms with E-state index in [-0.39, 0.29) is 0 Å². The number of rotatable bonds is 4. The van der Waals surface area contributed by atoms with Crippen LogP contribution in [0, 0.1) is 11.8 Å². The standard InChI is InChI=1S/C18H25NO2/c1-11-5-14-8-17(20-2)15(9-18(14)21-11)10-19-16-7-12-3-4-13(16)6-12/h8-9,11-13,16,19H,3-7,10H2,1-2H3.